The summed E-state index contributed by atoms with van der Waals surface area (Å²) in [6, 6.07) is 13.0. The van der Waals surface area contributed by atoms with E-state index in [0.29, 0.717) is 29.8 Å². The lowest BCUT2D eigenvalue weighted by Crippen LogP contribution is -2.24. The number of nitrogens with one attached hydrogen (secondary N) is 1. The third-order valence-corrected chi connectivity index (χ3v) is 3.90. The Labute approximate surface area is 166 Å². The molecule has 28 heavy (non-hydrogen) atoms. The Bertz CT molecular complexity index is 803. The summed E-state index contributed by atoms with van der Waals surface area (Å²) in [5.74, 6) is 2.21. The molecule has 0 saturated heterocycles. The first-order chi connectivity index (χ1) is 13.5. The molecule has 150 valence electrons. The molecule has 2 rings (SSSR count). The molecule has 0 aliphatic rings. The second-order valence-electron chi connectivity index (χ2n) is 6.84. The topological polar surface area (TPSA) is 69.2 Å². The van der Waals surface area contributed by atoms with E-state index in [1.807, 2.05) is 43.3 Å². The number of hydrazone groups is 1. The molecule has 6 heteroatoms. The third-order valence-electron chi connectivity index (χ3n) is 3.90. The summed E-state index contributed by atoms with van der Waals surface area (Å²) in [6.45, 7) is 6.80. The molecule has 0 spiro atoms. The van der Waals surface area contributed by atoms with Gasteiger partial charge < -0.3 is 14.2 Å². The highest BCUT2D eigenvalue weighted by Gasteiger charge is 2.06. The van der Waals surface area contributed by atoms with Crippen LogP contribution in [-0.2, 0) is 4.79 Å². The lowest BCUT2D eigenvalue weighted by Gasteiger charge is -2.12. The molecule has 0 aliphatic carbocycles. The summed E-state index contributed by atoms with van der Waals surface area (Å²) in [5.41, 5.74) is 4.30. The van der Waals surface area contributed by atoms with Crippen molar-refractivity contribution in [3.63, 3.8) is 0 Å². The first kappa shape index (κ1) is 21.3. The molecule has 0 aliphatic heterocycles. The zero-order chi connectivity index (χ0) is 20.4. The summed E-state index contributed by atoms with van der Waals surface area (Å²) in [4.78, 5) is 11.8. The zero-order valence-electron chi connectivity index (χ0n) is 16.9. The minimum absolute atomic E-state index is 0.104. The van der Waals surface area contributed by atoms with E-state index in [0.717, 1.165) is 17.5 Å². The fourth-order valence-corrected chi connectivity index (χ4v) is 2.35. The van der Waals surface area contributed by atoms with Crippen LogP contribution in [0.15, 0.2) is 47.6 Å². The molecule has 6 nitrogen and oxygen atoms in total. The molecular weight excluding hydrogens is 356 g/mol. The van der Waals surface area contributed by atoms with Gasteiger partial charge in [0, 0.05) is 0 Å². The van der Waals surface area contributed by atoms with E-state index >= 15 is 0 Å². The number of rotatable bonds is 10. The highest BCUT2D eigenvalue weighted by atomic mass is 16.5. The maximum atomic E-state index is 11.8. The lowest BCUT2D eigenvalue weighted by molar-refractivity contribution is -0.123. The van der Waals surface area contributed by atoms with Crippen molar-refractivity contribution in [3.05, 3.63) is 53.6 Å². The first-order valence-electron chi connectivity index (χ1n) is 9.30. The molecular formula is C22H28N2O4. The fraction of sp³-hybridized carbons (Fsp3) is 0.364. The molecule has 1 N–H and O–H groups in total. The zero-order valence-corrected chi connectivity index (χ0v) is 16.9. The van der Waals surface area contributed by atoms with Crippen LogP contribution in [0.1, 0.15) is 31.4 Å². The average Bonchev–Trinajstić information content (AvgIpc) is 2.67. The average molecular weight is 384 g/mol. The van der Waals surface area contributed by atoms with Gasteiger partial charge in [-0.25, -0.2) is 5.43 Å². The molecule has 0 radical (unpaired) electrons. The highest BCUT2D eigenvalue weighted by Crippen LogP contribution is 2.27. The van der Waals surface area contributed by atoms with Crippen LogP contribution in [0.25, 0.3) is 0 Å². The number of hydrogen-bond acceptors (Lipinski definition) is 5. The van der Waals surface area contributed by atoms with Crippen LogP contribution in [0, 0.1) is 12.8 Å². The van der Waals surface area contributed by atoms with E-state index in [1.54, 1.807) is 19.4 Å². The Morgan fingerprint density at radius 2 is 1.96 bits per heavy atom. The van der Waals surface area contributed by atoms with Crippen molar-refractivity contribution in [2.45, 2.75) is 27.2 Å². The molecule has 0 fully saturated rings. The number of amides is 1. The third kappa shape index (κ3) is 7.31. The van der Waals surface area contributed by atoms with Crippen LogP contribution in [0.5, 0.6) is 17.2 Å². The highest BCUT2D eigenvalue weighted by molar-refractivity contribution is 5.83. The lowest BCUT2D eigenvalue weighted by atomic mass is 10.1. The van der Waals surface area contributed by atoms with Crippen molar-refractivity contribution < 1.29 is 19.0 Å². The van der Waals surface area contributed by atoms with Crippen LogP contribution in [0.3, 0.4) is 0 Å². The summed E-state index contributed by atoms with van der Waals surface area (Å²) in [6.07, 6.45) is 2.52. The number of nitrogens with zero attached hydrogens (tertiary/aromatic N) is 1. The van der Waals surface area contributed by atoms with Crippen molar-refractivity contribution in [1.82, 2.24) is 5.43 Å². The minimum Gasteiger partial charge on any atom is -0.493 e. The van der Waals surface area contributed by atoms with E-state index in [1.165, 1.54) is 0 Å². The van der Waals surface area contributed by atoms with E-state index in [4.69, 9.17) is 14.2 Å². The number of benzene rings is 2. The Hall–Kier alpha value is -3.02. The van der Waals surface area contributed by atoms with Crippen LogP contribution < -0.4 is 19.6 Å². The van der Waals surface area contributed by atoms with Crippen molar-refractivity contribution in [2.75, 3.05) is 20.3 Å². The van der Waals surface area contributed by atoms with E-state index in [2.05, 4.69) is 24.4 Å². The van der Waals surface area contributed by atoms with E-state index < -0.39 is 0 Å². The number of carbonyl (C=O) groups excluding carboxylic acids is 1. The molecule has 2 aromatic rings. The maximum Gasteiger partial charge on any atom is 0.277 e. The predicted octanol–water partition coefficient (Wildman–Crippen LogP) is 3.96. The van der Waals surface area contributed by atoms with Crippen LogP contribution in [-0.4, -0.2) is 32.4 Å². The molecule has 2 aromatic carbocycles. The van der Waals surface area contributed by atoms with E-state index in [9.17, 15) is 4.79 Å². The van der Waals surface area contributed by atoms with Gasteiger partial charge in [-0.2, -0.15) is 5.10 Å². The van der Waals surface area contributed by atoms with Crippen LogP contribution in [0.2, 0.25) is 0 Å². The number of hydrogen-bond donors (Lipinski definition) is 1. The van der Waals surface area contributed by atoms with Gasteiger partial charge in [0.25, 0.3) is 5.91 Å². The summed E-state index contributed by atoms with van der Waals surface area (Å²) in [5, 5.41) is 3.96. The Morgan fingerprint density at radius 1 is 1.14 bits per heavy atom. The molecule has 1 amide bonds. The number of ether oxygens (including phenoxy) is 3. The van der Waals surface area contributed by atoms with Crippen LogP contribution in [0.4, 0.5) is 0 Å². The number of carbonyl (C=O) groups is 1. The van der Waals surface area contributed by atoms with Gasteiger partial charge in [0.15, 0.2) is 18.1 Å². The Balaban J connectivity index is 1.84. The SMILES string of the molecule is COc1cc(/C=N\NC(=O)COc2cccc(C)c2)ccc1OCCC(C)C. The minimum atomic E-state index is -0.335. The summed E-state index contributed by atoms with van der Waals surface area (Å²) < 4.78 is 16.6. The molecule has 0 atom stereocenters. The largest absolute Gasteiger partial charge is 0.493 e. The molecule has 0 bridgehead atoms. The second kappa shape index (κ2) is 11.0. The molecule has 0 saturated carbocycles. The summed E-state index contributed by atoms with van der Waals surface area (Å²) in [7, 11) is 1.59. The molecule has 0 aromatic heterocycles. The van der Waals surface area contributed by atoms with Gasteiger partial charge in [0.1, 0.15) is 5.75 Å². The maximum absolute atomic E-state index is 11.8. The van der Waals surface area contributed by atoms with Gasteiger partial charge in [-0.1, -0.05) is 26.0 Å². The van der Waals surface area contributed by atoms with Gasteiger partial charge in [-0.3, -0.25) is 4.79 Å². The monoisotopic (exact) mass is 384 g/mol. The van der Waals surface area contributed by atoms with Crippen molar-refractivity contribution in [3.8, 4) is 17.2 Å². The fourth-order valence-electron chi connectivity index (χ4n) is 2.35. The number of aryl methyl sites for hydroxylation is 1. The second-order valence-corrected chi connectivity index (χ2v) is 6.84. The smallest absolute Gasteiger partial charge is 0.277 e. The van der Waals surface area contributed by atoms with Gasteiger partial charge in [-0.15, -0.1) is 0 Å². The molecule has 0 unspecified atom stereocenters. The van der Waals surface area contributed by atoms with Gasteiger partial charge in [0.2, 0.25) is 0 Å². The first-order valence-corrected chi connectivity index (χ1v) is 9.30. The normalized spacial score (nSPS) is 10.9. The van der Waals surface area contributed by atoms with Crippen molar-refractivity contribution >= 4 is 12.1 Å². The van der Waals surface area contributed by atoms with Crippen molar-refractivity contribution in [1.29, 1.82) is 0 Å². The van der Waals surface area contributed by atoms with Gasteiger partial charge in [0.05, 0.1) is 19.9 Å². The van der Waals surface area contributed by atoms with Gasteiger partial charge in [-0.05, 0) is 60.7 Å². The Kier molecular flexibility index (Phi) is 8.34. The predicted molar refractivity (Wildman–Crippen MR) is 110 cm³/mol. The quantitative estimate of drug-likeness (QED) is 0.497. The van der Waals surface area contributed by atoms with Crippen molar-refractivity contribution in [2.24, 2.45) is 11.0 Å². The standard InChI is InChI=1S/C22H28N2O4/c1-16(2)10-11-27-20-9-8-18(13-21(20)26-4)14-23-24-22(25)15-28-19-7-5-6-17(3)12-19/h5-9,12-14,16H,10-11,15H2,1-4H3,(H,24,25)/b23-14-. The van der Waals surface area contributed by atoms with Gasteiger partial charge >= 0.3 is 0 Å². The Morgan fingerprint density at radius 3 is 2.68 bits per heavy atom. The van der Waals surface area contributed by atoms with Crippen LogP contribution >= 0.6 is 0 Å². The number of methoxy groups -OCH3 is 1. The van der Waals surface area contributed by atoms with E-state index in [-0.39, 0.29) is 12.5 Å². The molecule has 0 heterocycles. The summed E-state index contributed by atoms with van der Waals surface area (Å²) >= 11 is 0.